The molecular weight excluding hydrogens is 222 g/mol. The first-order valence-electron chi connectivity index (χ1n) is 5.92. The molecular formula is C15H11N3. The van der Waals surface area contributed by atoms with Crippen molar-refractivity contribution in [1.29, 1.82) is 0 Å². The van der Waals surface area contributed by atoms with E-state index in [-0.39, 0.29) is 0 Å². The average Bonchev–Trinajstić information content (AvgIpc) is 3.02. The summed E-state index contributed by atoms with van der Waals surface area (Å²) >= 11 is 0. The van der Waals surface area contributed by atoms with E-state index in [2.05, 4.69) is 32.7 Å². The number of hydrogen-bond donors (Lipinski definition) is 1. The van der Waals surface area contributed by atoms with Gasteiger partial charge in [-0.15, -0.1) is 0 Å². The summed E-state index contributed by atoms with van der Waals surface area (Å²) in [5.74, 6) is 0.917. The monoisotopic (exact) mass is 233 g/mol. The lowest BCUT2D eigenvalue weighted by Gasteiger charge is -1.89. The molecule has 0 spiro atoms. The molecule has 0 amide bonds. The Morgan fingerprint density at radius 3 is 2.78 bits per heavy atom. The fraction of sp³-hybridized carbons (Fsp3) is 0. The fourth-order valence-corrected chi connectivity index (χ4v) is 2.27. The topological polar surface area (TPSA) is 33.1 Å². The molecule has 1 N–H and O–H groups in total. The summed E-state index contributed by atoms with van der Waals surface area (Å²) in [6.07, 6.45) is 4.13. The van der Waals surface area contributed by atoms with Crippen LogP contribution in [-0.4, -0.2) is 14.4 Å². The second-order valence-corrected chi connectivity index (χ2v) is 4.36. The van der Waals surface area contributed by atoms with Gasteiger partial charge in [0.1, 0.15) is 5.82 Å². The SMILES string of the molecule is c1ccc2[nH]c(-c3cc4ccccn4c3)nc2c1. The maximum atomic E-state index is 4.61. The summed E-state index contributed by atoms with van der Waals surface area (Å²) < 4.78 is 2.10. The first kappa shape index (κ1) is 9.48. The van der Waals surface area contributed by atoms with Crippen molar-refractivity contribution < 1.29 is 0 Å². The minimum absolute atomic E-state index is 0.917. The van der Waals surface area contributed by atoms with E-state index in [1.807, 2.05) is 42.6 Å². The molecule has 0 aliphatic rings. The van der Waals surface area contributed by atoms with Crippen LogP contribution in [0.1, 0.15) is 0 Å². The van der Waals surface area contributed by atoms with Crippen LogP contribution in [0.5, 0.6) is 0 Å². The van der Waals surface area contributed by atoms with Crippen LogP contribution in [0.25, 0.3) is 27.9 Å². The molecule has 18 heavy (non-hydrogen) atoms. The second-order valence-electron chi connectivity index (χ2n) is 4.36. The van der Waals surface area contributed by atoms with Gasteiger partial charge in [-0.2, -0.15) is 0 Å². The minimum atomic E-state index is 0.917. The van der Waals surface area contributed by atoms with E-state index in [9.17, 15) is 0 Å². The highest BCUT2D eigenvalue weighted by Crippen LogP contribution is 2.22. The Labute approximate surface area is 104 Å². The number of nitrogens with zero attached hydrogens (tertiary/aromatic N) is 2. The van der Waals surface area contributed by atoms with Crippen molar-refractivity contribution in [3.63, 3.8) is 0 Å². The Hall–Kier alpha value is -2.55. The van der Waals surface area contributed by atoms with Crippen molar-refractivity contribution in [2.75, 3.05) is 0 Å². The van der Waals surface area contributed by atoms with Crippen molar-refractivity contribution in [1.82, 2.24) is 14.4 Å². The number of aromatic amines is 1. The Balaban J connectivity index is 1.95. The summed E-state index contributed by atoms with van der Waals surface area (Å²) in [4.78, 5) is 7.96. The van der Waals surface area contributed by atoms with Gasteiger partial charge in [0.25, 0.3) is 0 Å². The molecule has 3 heteroatoms. The quantitative estimate of drug-likeness (QED) is 0.536. The number of imidazole rings is 1. The molecule has 0 atom stereocenters. The summed E-state index contributed by atoms with van der Waals surface area (Å²) in [6.45, 7) is 0. The molecule has 0 aliphatic carbocycles. The third kappa shape index (κ3) is 1.34. The number of benzene rings is 1. The summed E-state index contributed by atoms with van der Waals surface area (Å²) in [6, 6.07) is 16.4. The van der Waals surface area contributed by atoms with Crippen LogP contribution in [0.4, 0.5) is 0 Å². The van der Waals surface area contributed by atoms with Crippen molar-refractivity contribution in [2.45, 2.75) is 0 Å². The Kier molecular flexibility index (Phi) is 1.83. The van der Waals surface area contributed by atoms with Gasteiger partial charge in [0.05, 0.1) is 11.0 Å². The standard InChI is InChI=1S/C15H11N3/c1-2-7-14-13(6-1)16-15(17-14)11-9-12-5-3-4-8-18(12)10-11/h1-10H,(H,16,17). The van der Waals surface area contributed by atoms with Crippen molar-refractivity contribution in [2.24, 2.45) is 0 Å². The van der Waals surface area contributed by atoms with E-state index in [0.29, 0.717) is 0 Å². The van der Waals surface area contributed by atoms with Gasteiger partial charge in [0.2, 0.25) is 0 Å². The van der Waals surface area contributed by atoms with Crippen LogP contribution in [0.3, 0.4) is 0 Å². The lowest BCUT2D eigenvalue weighted by atomic mass is 10.3. The van der Waals surface area contributed by atoms with Gasteiger partial charge >= 0.3 is 0 Å². The van der Waals surface area contributed by atoms with Gasteiger partial charge in [-0.05, 0) is 30.3 Å². The van der Waals surface area contributed by atoms with Crippen molar-refractivity contribution >= 4 is 16.6 Å². The Morgan fingerprint density at radius 2 is 1.89 bits per heavy atom. The molecule has 0 unspecified atom stereocenters. The van der Waals surface area contributed by atoms with Gasteiger partial charge in [0.15, 0.2) is 0 Å². The van der Waals surface area contributed by atoms with Gasteiger partial charge in [0, 0.05) is 23.5 Å². The molecule has 0 radical (unpaired) electrons. The Bertz CT molecular complexity index is 701. The predicted molar refractivity (Wildman–Crippen MR) is 72.5 cm³/mol. The number of para-hydroxylation sites is 2. The molecule has 86 valence electrons. The second kappa shape index (κ2) is 3.47. The van der Waals surface area contributed by atoms with E-state index in [0.717, 1.165) is 22.4 Å². The number of nitrogens with one attached hydrogen (secondary N) is 1. The lowest BCUT2D eigenvalue weighted by molar-refractivity contribution is 1.19. The largest absolute Gasteiger partial charge is 0.338 e. The molecule has 0 bridgehead atoms. The maximum Gasteiger partial charge on any atom is 0.140 e. The number of pyridine rings is 1. The number of fused-ring (bicyclic) bond motifs is 2. The van der Waals surface area contributed by atoms with E-state index < -0.39 is 0 Å². The van der Waals surface area contributed by atoms with Crippen molar-refractivity contribution in [3.05, 3.63) is 60.9 Å². The van der Waals surface area contributed by atoms with Gasteiger partial charge < -0.3 is 9.38 Å². The van der Waals surface area contributed by atoms with Crippen LogP contribution >= 0.6 is 0 Å². The van der Waals surface area contributed by atoms with Gasteiger partial charge in [-0.25, -0.2) is 4.98 Å². The molecule has 0 saturated heterocycles. The smallest absolute Gasteiger partial charge is 0.140 e. The van der Waals surface area contributed by atoms with Crippen LogP contribution in [0, 0.1) is 0 Å². The van der Waals surface area contributed by atoms with Crippen LogP contribution in [0.2, 0.25) is 0 Å². The van der Waals surface area contributed by atoms with Crippen LogP contribution in [-0.2, 0) is 0 Å². The molecule has 3 aromatic heterocycles. The van der Waals surface area contributed by atoms with E-state index in [1.54, 1.807) is 0 Å². The zero-order valence-corrected chi connectivity index (χ0v) is 9.67. The fourth-order valence-electron chi connectivity index (χ4n) is 2.27. The minimum Gasteiger partial charge on any atom is -0.338 e. The third-order valence-corrected chi connectivity index (χ3v) is 3.17. The zero-order chi connectivity index (χ0) is 11.9. The molecule has 0 aliphatic heterocycles. The first-order valence-corrected chi connectivity index (χ1v) is 5.92. The predicted octanol–water partition coefficient (Wildman–Crippen LogP) is 3.48. The molecule has 1 aromatic carbocycles. The Morgan fingerprint density at radius 1 is 1.00 bits per heavy atom. The number of H-pyrrole nitrogens is 1. The molecule has 4 aromatic rings. The highest BCUT2D eigenvalue weighted by Gasteiger charge is 2.06. The highest BCUT2D eigenvalue weighted by atomic mass is 14.9. The number of hydrogen-bond acceptors (Lipinski definition) is 1. The molecule has 4 rings (SSSR count). The molecule has 3 nitrogen and oxygen atoms in total. The van der Waals surface area contributed by atoms with Gasteiger partial charge in [-0.1, -0.05) is 18.2 Å². The van der Waals surface area contributed by atoms with E-state index in [4.69, 9.17) is 0 Å². The lowest BCUT2D eigenvalue weighted by Crippen LogP contribution is -1.77. The third-order valence-electron chi connectivity index (χ3n) is 3.17. The van der Waals surface area contributed by atoms with E-state index >= 15 is 0 Å². The number of rotatable bonds is 1. The summed E-state index contributed by atoms with van der Waals surface area (Å²) in [5.41, 5.74) is 4.36. The molecule has 0 saturated carbocycles. The van der Waals surface area contributed by atoms with Gasteiger partial charge in [-0.3, -0.25) is 0 Å². The summed E-state index contributed by atoms with van der Waals surface area (Å²) in [7, 11) is 0. The average molecular weight is 233 g/mol. The zero-order valence-electron chi connectivity index (χ0n) is 9.67. The first-order chi connectivity index (χ1) is 8.90. The van der Waals surface area contributed by atoms with Crippen LogP contribution < -0.4 is 0 Å². The molecule has 3 heterocycles. The van der Waals surface area contributed by atoms with Crippen molar-refractivity contribution in [3.8, 4) is 11.4 Å². The maximum absolute atomic E-state index is 4.61. The number of aromatic nitrogens is 3. The van der Waals surface area contributed by atoms with E-state index in [1.165, 1.54) is 5.52 Å². The molecule has 0 fully saturated rings. The normalized spacial score (nSPS) is 11.3. The summed E-state index contributed by atoms with van der Waals surface area (Å²) in [5, 5.41) is 0. The van der Waals surface area contributed by atoms with Crippen LogP contribution in [0.15, 0.2) is 60.9 Å². The highest BCUT2D eigenvalue weighted by molar-refractivity contribution is 5.80.